The van der Waals surface area contributed by atoms with E-state index in [1.165, 1.54) is 12.1 Å². The molecule has 0 fully saturated rings. The Morgan fingerprint density at radius 3 is 2.59 bits per heavy atom. The number of hydrogen-bond donors (Lipinski definition) is 1. The largest absolute Gasteiger partial charge is 0.334 e. The van der Waals surface area contributed by atoms with Gasteiger partial charge in [-0.2, -0.15) is 0 Å². The van der Waals surface area contributed by atoms with Crippen molar-refractivity contribution in [2.75, 3.05) is 0 Å². The molecule has 0 spiro atoms. The first-order valence-corrected chi connectivity index (χ1v) is 5.15. The van der Waals surface area contributed by atoms with E-state index in [0.717, 1.165) is 6.07 Å². The smallest absolute Gasteiger partial charge is 0.297 e. The summed E-state index contributed by atoms with van der Waals surface area (Å²) in [5.41, 5.74) is -0.852. The minimum atomic E-state index is -0.773. The van der Waals surface area contributed by atoms with Gasteiger partial charge in [-0.1, -0.05) is 17.7 Å². The summed E-state index contributed by atoms with van der Waals surface area (Å²) in [6.45, 7) is 1.71. The van der Waals surface area contributed by atoms with Crippen LogP contribution in [0.5, 0.6) is 0 Å². The summed E-state index contributed by atoms with van der Waals surface area (Å²) in [4.78, 5) is 25.4. The van der Waals surface area contributed by atoms with Gasteiger partial charge in [0, 0.05) is 6.07 Å². The van der Waals surface area contributed by atoms with Crippen molar-refractivity contribution in [2.45, 2.75) is 6.92 Å². The van der Waals surface area contributed by atoms with Crippen molar-refractivity contribution in [3.8, 4) is 5.69 Å². The van der Waals surface area contributed by atoms with Crippen molar-refractivity contribution in [1.29, 1.82) is 0 Å². The fraction of sp³-hybridized carbons (Fsp3) is 0.0909. The van der Waals surface area contributed by atoms with Gasteiger partial charge < -0.3 is 0 Å². The summed E-state index contributed by atoms with van der Waals surface area (Å²) in [7, 11) is 0. The number of aromatic nitrogens is 2. The number of aryl methyl sites for hydroxylation is 1. The van der Waals surface area contributed by atoms with Crippen LogP contribution in [0, 0.1) is 12.7 Å². The fourth-order valence-corrected chi connectivity index (χ4v) is 1.66. The van der Waals surface area contributed by atoms with E-state index in [-0.39, 0.29) is 10.8 Å². The predicted molar refractivity (Wildman–Crippen MR) is 62.4 cm³/mol. The molecule has 2 rings (SSSR count). The van der Waals surface area contributed by atoms with Gasteiger partial charge >= 0.3 is 5.69 Å². The third-order valence-corrected chi connectivity index (χ3v) is 2.45. The second kappa shape index (κ2) is 4.18. The zero-order valence-corrected chi connectivity index (χ0v) is 9.58. The predicted octanol–water partition coefficient (Wildman–Crippen LogP) is 1.63. The Kier molecular flexibility index (Phi) is 2.85. The highest BCUT2D eigenvalue weighted by molar-refractivity contribution is 6.29. The topological polar surface area (TPSA) is 54.9 Å². The molecule has 17 heavy (non-hydrogen) atoms. The number of nitrogens with one attached hydrogen (secondary N) is 1. The van der Waals surface area contributed by atoms with Crippen molar-refractivity contribution in [2.24, 2.45) is 0 Å². The van der Waals surface area contributed by atoms with Crippen LogP contribution in [0.1, 0.15) is 5.56 Å². The van der Waals surface area contributed by atoms with E-state index in [2.05, 4.69) is 4.98 Å². The molecule has 0 unspecified atom stereocenters. The summed E-state index contributed by atoms with van der Waals surface area (Å²) >= 11 is 5.51. The second-order valence-corrected chi connectivity index (χ2v) is 3.96. The molecule has 1 N–H and O–H groups in total. The van der Waals surface area contributed by atoms with Crippen LogP contribution in [0.4, 0.5) is 4.39 Å². The van der Waals surface area contributed by atoms with Gasteiger partial charge in [-0.15, -0.1) is 0 Å². The zero-order valence-electron chi connectivity index (χ0n) is 8.83. The molecule has 1 heterocycles. The Bertz CT molecular complexity index is 659. The average Bonchev–Trinajstić information content (AvgIpc) is 2.19. The minimum absolute atomic E-state index is 0.0798. The molecule has 0 bridgehead atoms. The van der Waals surface area contributed by atoms with Crippen LogP contribution in [0.15, 0.2) is 33.9 Å². The van der Waals surface area contributed by atoms with Gasteiger partial charge in [-0.3, -0.25) is 9.78 Å². The Morgan fingerprint density at radius 2 is 2.00 bits per heavy atom. The lowest BCUT2D eigenvalue weighted by Crippen LogP contribution is -2.33. The standard InChI is InChI=1S/C11H8ClFN2O2/c1-6-2-3-8(7(13)4-6)15-10(16)5-9(12)14-11(15)17/h2-5H,1H3,(H,14,17). The monoisotopic (exact) mass is 254 g/mol. The van der Waals surface area contributed by atoms with E-state index < -0.39 is 17.1 Å². The van der Waals surface area contributed by atoms with Crippen molar-refractivity contribution in [3.05, 3.63) is 61.6 Å². The summed E-state index contributed by atoms with van der Waals surface area (Å²) < 4.78 is 14.3. The summed E-state index contributed by atoms with van der Waals surface area (Å²) in [6.07, 6.45) is 0. The highest BCUT2D eigenvalue weighted by atomic mass is 35.5. The molecule has 6 heteroatoms. The highest BCUT2D eigenvalue weighted by Crippen LogP contribution is 2.11. The fourth-order valence-electron chi connectivity index (χ4n) is 1.49. The summed E-state index contributed by atoms with van der Waals surface area (Å²) in [5.74, 6) is -0.639. The maximum atomic E-state index is 13.7. The SMILES string of the molecule is Cc1ccc(-n2c(=O)cc(Cl)[nH]c2=O)c(F)c1. The van der Waals surface area contributed by atoms with Crippen molar-refractivity contribution in [1.82, 2.24) is 9.55 Å². The van der Waals surface area contributed by atoms with Crippen LogP contribution in [0.3, 0.4) is 0 Å². The highest BCUT2D eigenvalue weighted by Gasteiger charge is 2.10. The maximum Gasteiger partial charge on any atom is 0.334 e. The van der Waals surface area contributed by atoms with Gasteiger partial charge in [-0.25, -0.2) is 13.8 Å². The normalized spacial score (nSPS) is 10.5. The summed E-state index contributed by atoms with van der Waals surface area (Å²) in [5, 5.41) is -0.0798. The first-order valence-electron chi connectivity index (χ1n) is 4.77. The Balaban J connectivity index is 2.78. The van der Waals surface area contributed by atoms with Crippen molar-refractivity contribution < 1.29 is 4.39 Å². The van der Waals surface area contributed by atoms with Gasteiger partial charge in [0.15, 0.2) is 0 Å². The lowest BCUT2D eigenvalue weighted by molar-refractivity contribution is 0.611. The maximum absolute atomic E-state index is 13.7. The molecule has 0 atom stereocenters. The van der Waals surface area contributed by atoms with E-state index in [1.54, 1.807) is 13.0 Å². The van der Waals surface area contributed by atoms with E-state index in [4.69, 9.17) is 11.6 Å². The molecule has 0 saturated heterocycles. The number of aromatic amines is 1. The molecule has 0 amide bonds. The second-order valence-electron chi connectivity index (χ2n) is 3.55. The molecule has 1 aromatic carbocycles. The molecule has 0 radical (unpaired) electrons. The Hall–Kier alpha value is -1.88. The van der Waals surface area contributed by atoms with Gasteiger partial charge in [0.1, 0.15) is 11.0 Å². The molecule has 0 saturated carbocycles. The molecule has 4 nitrogen and oxygen atoms in total. The average molecular weight is 255 g/mol. The lowest BCUT2D eigenvalue weighted by Gasteiger charge is -2.06. The van der Waals surface area contributed by atoms with Crippen LogP contribution in [0.25, 0.3) is 5.69 Å². The van der Waals surface area contributed by atoms with Crippen molar-refractivity contribution in [3.63, 3.8) is 0 Å². The van der Waals surface area contributed by atoms with Gasteiger partial charge in [0.05, 0.1) is 5.69 Å². The molecule has 88 valence electrons. The van der Waals surface area contributed by atoms with E-state index in [0.29, 0.717) is 10.1 Å². The lowest BCUT2D eigenvalue weighted by atomic mass is 10.2. The van der Waals surface area contributed by atoms with Crippen LogP contribution in [0.2, 0.25) is 5.15 Å². The third-order valence-electron chi connectivity index (χ3n) is 2.24. The van der Waals surface area contributed by atoms with Gasteiger partial charge in [0.25, 0.3) is 5.56 Å². The molecule has 0 aliphatic rings. The van der Waals surface area contributed by atoms with Gasteiger partial charge in [0.2, 0.25) is 0 Å². The first kappa shape index (κ1) is 11.6. The zero-order chi connectivity index (χ0) is 12.6. The minimum Gasteiger partial charge on any atom is -0.297 e. The molecule has 0 aliphatic heterocycles. The Morgan fingerprint density at radius 1 is 1.29 bits per heavy atom. The molecular formula is C11H8ClFN2O2. The molecule has 0 aliphatic carbocycles. The van der Waals surface area contributed by atoms with Gasteiger partial charge in [-0.05, 0) is 24.6 Å². The number of nitrogens with zero attached hydrogens (tertiary/aromatic N) is 1. The number of hydrogen-bond acceptors (Lipinski definition) is 2. The van der Waals surface area contributed by atoms with Crippen LogP contribution in [-0.2, 0) is 0 Å². The quantitative estimate of drug-likeness (QED) is 0.787. The van der Waals surface area contributed by atoms with E-state index in [9.17, 15) is 14.0 Å². The van der Waals surface area contributed by atoms with E-state index >= 15 is 0 Å². The number of H-pyrrole nitrogens is 1. The summed E-state index contributed by atoms with van der Waals surface area (Å²) in [6, 6.07) is 5.24. The third kappa shape index (κ3) is 2.14. The van der Waals surface area contributed by atoms with Crippen LogP contribution in [-0.4, -0.2) is 9.55 Å². The van der Waals surface area contributed by atoms with Crippen LogP contribution >= 0.6 is 11.6 Å². The number of halogens is 2. The van der Waals surface area contributed by atoms with E-state index in [1.807, 2.05) is 0 Å². The molecular weight excluding hydrogens is 247 g/mol. The molecule has 1 aromatic heterocycles. The van der Waals surface area contributed by atoms with Crippen molar-refractivity contribution >= 4 is 11.6 Å². The molecule has 2 aromatic rings. The van der Waals surface area contributed by atoms with Crippen LogP contribution < -0.4 is 11.2 Å². The number of rotatable bonds is 1. The Labute approximate surface area is 100 Å². The first-order chi connectivity index (χ1) is 7.99. The number of benzene rings is 1.